The summed E-state index contributed by atoms with van der Waals surface area (Å²) in [6.07, 6.45) is 0.128. The van der Waals surface area contributed by atoms with Crippen LogP contribution in [-0.2, 0) is 27.9 Å². The van der Waals surface area contributed by atoms with Crippen molar-refractivity contribution in [1.82, 2.24) is 18.9 Å². The minimum absolute atomic E-state index is 0.136. The molecule has 0 bridgehead atoms. The van der Waals surface area contributed by atoms with E-state index in [4.69, 9.17) is 9.47 Å². The van der Waals surface area contributed by atoms with E-state index in [0.717, 1.165) is 11.3 Å². The van der Waals surface area contributed by atoms with Gasteiger partial charge in [-0.05, 0) is 63.1 Å². The summed E-state index contributed by atoms with van der Waals surface area (Å²) in [5, 5.41) is 0. The molecule has 1 aromatic heterocycles. The van der Waals surface area contributed by atoms with E-state index in [1.807, 2.05) is 51.1 Å². The minimum Gasteiger partial charge on any atom is -0.497 e. The Bertz CT molecular complexity index is 1530. The number of hydrogen-bond acceptors (Lipinski definition) is 7. The van der Waals surface area contributed by atoms with Crippen LogP contribution in [0.5, 0.6) is 5.75 Å². The number of hydrogen-bond donors (Lipinski definition) is 0. The highest BCUT2D eigenvalue weighted by Gasteiger charge is 2.37. The topological polar surface area (TPSA) is 106 Å². The molecule has 41 heavy (non-hydrogen) atoms. The quantitative estimate of drug-likeness (QED) is 0.439. The minimum atomic E-state index is -0.773. The van der Waals surface area contributed by atoms with Gasteiger partial charge in [-0.3, -0.25) is 23.6 Å². The Hall–Kier alpha value is -4.28. The highest BCUT2D eigenvalue weighted by Crippen LogP contribution is 2.30. The van der Waals surface area contributed by atoms with Crippen molar-refractivity contribution in [3.05, 3.63) is 58.5 Å². The van der Waals surface area contributed by atoms with E-state index in [-0.39, 0.29) is 43.0 Å². The maximum absolute atomic E-state index is 13.6. The number of piperazine rings is 1. The summed E-state index contributed by atoms with van der Waals surface area (Å²) in [6.45, 7) is 8.00. The summed E-state index contributed by atoms with van der Waals surface area (Å²) in [5.74, 6) is 0.0618. The first-order valence-electron chi connectivity index (χ1n) is 13.9. The highest BCUT2D eigenvalue weighted by molar-refractivity contribution is 6.00. The zero-order valence-corrected chi connectivity index (χ0v) is 24.3. The van der Waals surface area contributed by atoms with Crippen LogP contribution >= 0.6 is 0 Å². The second-order valence-corrected chi connectivity index (χ2v) is 11.6. The number of carbonyl (C=O) groups is 3. The van der Waals surface area contributed by atoms with E-state index in [1.54, 1.807) is 35.8 Å². The van der Waals surface area contributed by atoms with Gasteiger partial charge in [0.1, 0.15) is 17.4 Å². The predicted octanol–water partition coefficient (Wildman–Crippen LogP) is 3.30. The van der Waals surface area contributed by atoms with Crippen LogP contribution < -0.4 is 15.3 Å². The molecule has 5 rings (SSSR count). The molecule has 2 aliphatic rings. The largest absolute Gasteiger partial charge is 0.497 e. The summed E-state index contributed by atoms with van der Waals surface area (Å²) >= 11 is 0. The van der Waals surface area contributed by atoms with E-state index in [9.17, 15) is 19.2 Å². The molecule has 1 unspecified atom stereocenters. The monoisotopic (exact) mass is 563 g/mol. The third kappa shape index (κ3) is 5.66. The number of aryl methyl sites for hydroxylation is 1. The lowest BCUT2D eigenvalue weighted by Crippen LogP contribution is -2.50. The number of imide groups is 1. The molecule has 0 radical (unpaired) electrons. The molecule has 0 spiro atoms. The number of ether oxygens (including phenoxy) is 2. The molecule has 3 amide bonds. The Morgan fingerprint density at radius 3 is 2.27 bits per heavy atom. The predicted molar refractivity (Wildman–Crippen MR) is 154 cm³/mol. The standard InChI is InChI=1S/C30H37N5O6/c1-30(2,3)41-29(39)33-16-14-32(15-17-33)21-8-11-23-25(18-21)31(4)28(38)35(23)24-12-13-26(36)34(27(24)37)19-20-6-9-22(40-5)10-7-20/h6-11,18,24H,12-17,19H2,1-5H3. The summed E-state index contributed by atoms with van der Waals surface area (Å²) < 4.78 is 13.8. The Kier molecular flexibility index (Phi) is 7.54. The summed E-state index contributed by atoms with van der Waals surface area (Å²) in [4.78, 5) is 57.4. The first kappa shape index (κ1) is 28.3. The van der Waals surface area contributed by atoms with Crippen molar-refractivity contribution in [3.8, 4) is 5.75 Å². The number of methoxy groups -OCH3 is 1. The van der Waals surface area contributed by atoms with Crippen molar-refractivity contribution in [3.63, 3.8) is 0 Å². The molecule has 1 atom stereocenters. The molecular formula is C30H37N5O6. The van der Waals surface area contributed by atoms with E-state index in [0.29, 0.717) is 43.0 Å². The molecule has 11 heteroatoms. The van der Waals surface area contributed by atoms with Crippen LogP contribution in [0.1, 0.15) is 45.2 Å². The lowest BCUT2D eigenvalue weighted by atomic mass is 10.0. The van der Waals surface area contributed by atoms with Crippen molar-refractivity contribution in [2.75, 3.05) is 38.2 Å². The van der Waals surface area contributed by atoms with Crippen molar-refractivity contribution in [1.29, 1.82) is 0 Å². The van der Waals surface area contributed by atoms with E-state index < -0.39 is 11.6 Å². The third-order valence-corrected chi connectivity index (χ3v) is 7.66. The lowest BCUT2D eigenvalue weighted by Gasteiger charge is -2.36. The van der Waals surface area contributed by atoms with Gasteiger partial charge in [-0.15, -0.1) is 0 Å². The number of fused-ring (bicyclic) bond motifs is 1. The molecule has 3 heterocycles. The highest BCUT2D eigenvalue weighted by atomic mass is 16.6. The number of aromatic nitrogens is 2. The molecule has 2 aliphatic heterocycles. The van der Waals surface area contributed by atoms with Crippen LogP contribution in [0.25, 0.3) is 11.0 Å². The molecule has 3 aromatic rings. The number of benzene rings is 2. The lowest BCUT2D eigenvalue weighted by molar-refractivity contribution is -0.151. The number of piperidine rings is 1. The van der Waals surface area contributed by atoms with E-state index in [1.165, 1.54) is 9.47 Å². The van der Waals surface area contributed by atoms with Crippen LogP contribution in [0.15, 0.2) is 47.3 Å². The fourth-order valence-corrected chi connectivity index (χ4v) is 5.46. The van der Waals surface area contributed by atoms with Gasteiger partial charge in [-0.25, -0.2) is 9.59 Å². The van der Waals surface area contributed by atoms with Gasteiger partial charge in [-0.2, -0.15) is 0 Å². The number of imidazole rings is 1. The Labute approximate surface area is 238 Å². The fourth-order valence-electron chi connectivity index (χ4n) is 5.46. The number of carbonyl (C=O) groups excluding carboxylic acids is 3. The van der Waals surface area contributed by atoms with Gasteiger partial charge in [0.25, 0.3) is 5.91 Å². The molecule has 0 N–H and O–H groups in total. The number of rotatable bonds is 5. The number of amides is 3. The van der Waals surface area contributed by atoms with Crippen LogP contribution in [-0.4, -0.2) is 75.7 Å². The molecule has 0 aliphatic carbocycles. The zero-order valence-electron chi connectivity index (χ0n) is 24.3. The smallest absolute Gasteiger partial charge is 0.410 e. The zero-order chi connectivity index (χ0) is 29.5. The van der Waals surface area contributed by atoms with Crippen LogP contribution in [0, 0.1) is 0 Å². The van der Waals surface area contributed by atoms with Gasteiger partial charge in [0, 0.05) is 45.3 Å². The van der Waals surface area contributed by atoms with E-state index >= 15 is 0 Å². The van der Waals surface area contributed by atoms with Crippen LogP contribution in [0.2, 0.25) is 0 Å². The maximum Gasteiger partial charge on any atom is 0.410 e. The molecular weight excluding hydrogens is 526 g/mol. The van der Waals surface area contributed by atoms with Gasteiger partial charge in [0.15, 0.2) is 0 Å². The van der Waals surface area contributed by atoms with Gasteiger partial charge in [0.2, 0.25) is 5.91 Å². The van der Waals surface area contributed by atoms with Crippen LogP contribution in [0.4, 0.5) is 10.5 Å². The van der Waals surface area contributed by atoms with Crippen molar-refractivity contribution >= 4 is 34.6 Å². The van der Waals surface area contributed by atoms with E-state index in [2.05, 4.69) is 4.90 Å². The summed E-state index contributed by atoms with van der Waals surface area (Å²) in [7, 11) is 3.27. The molecule has 0 saturated carbocycles. The average molecular weight is 564 g/mol. The second kappa shape index (κ2) is 10.9. The van der Waals surface area contributed by atoms with Gasteiger partial charge < -0.3 is 19.3 Å². The Morgan fingerprint density at radius 2 is 1.63 bits per heavy atom. The third-order valence-electron chi connectivity index (χ3n) is 7.66. The van der Waals surface area contributed by atoms with Crippen molar-refractivity contribution in [2.24, 2.45) is 7.05 Å². The maximum atomic E-state index is 13.6. The number of nitrogens with zero attached hydrogens (tertiary/aromatic N) is 5. The van der Waals surface area contributed by atoms with Crippen molar-refractivity contribution in [2.45, 2.75) is 51.8 Å². The molecule has 218 valence electrons. The molecule has 2 saturated heterocycles. The SMILES string of the molecule is COc1ccc(CN2C(=O)CCC(n3c(=O)n(C)c4cc(N5CCN(C(=O)OC(C)(C)C)CC5)ccc43)C2=O)cc1. The van der Waals surface area contributed by atoms with Crippen LogP contribution in [0.3, 0.4) is 0 Å². The fraction of sp³-hybridized carbons (Fsp3) is 0.467. The Balaban J connectivity index is 1.36. The normalized spacial score (nSPS) is 18.3. The first-order chi connectivity index (χ1) is 19.5. The molecule has 11 nitrogen and oxygen atoms in total. The first-order valence-corrected chi connectivity index (χ1v) is 13.9. The van der Waals surface area contributed by atoms with Gasteiger partial charge >= 0.3 is 11.8 Å². The van der Waals surface area contributed by atoms with Crippen molar-refractivity contribution < 1.29 is 23.9 Å². The summed E-state index contributed by atoms with van der Waals surface area (Å²) in [6, 6.07) is 12.2. The second-order valence-electron chi connectivity index (χ2n) is 11.6. The summed E-state index contributed by atoms with van der Waals surface area (Å²) in [5.41, 5.74) is 2.23. The molecule has 2 fully saturated rings. The number of likely N-dealkylation sites (tertiary alicyclic amines) is 1. The average Bonchev–Trinajstić information content (AvgIpc) is 3.19. The Morgan fingerprint density at radius 1 is 0.951 bits per heavy atom. The van der Waals surface area contributed by atoms with Gasteiger partial charge in [0.05, 0.1) is 24.7 Å². The molecule has 2 aromatic carbocycles. The van der Waals surface area contributed by atoms with Gasteiger partial charge in [-0.1, -0.05) is 12.1 Å². The number of anilines is 1.